The summed E-state index contributed by atoms with van der Waals surface area (Å²) in [5.74, 6) is 0. The molecule has 0 aliphatic heterocycles. The smallest absolute Gasteiger partial charge is 1.00 e. The molecular weight excluding hydrogens is 370 g/mol. The zero-order valence-electron chi connectivity index (χ0n) is 3.26. The van der Waals surface area contributed by atoms with Crippen LogP contribution in [-0.2, 0) is 19.5 Å². The third kappa shape index (κ3) is 166. The number of nitrogens with zero attached hydrogens (tertiary/aromatic N) is 1. The second-order valence-corrected chi connectivity index (χ2v) is 0.224. The van der Waals surface area contributed by atoms with Crippen molar-refractivity contribution >= 4 is 27.3 Å². The summed E-state index contributed by atoms with van der Waals surface area (Å²) in [5.41, 5.74) is 0. The van der Waals surface area contributed by atoms with E-state index in [9.17, 15) is 0 Å². The molecule has 0 aromatic rings. The summed E-state index contributed by atoms with van der Waals surface area (Å²) >= 11 is 0. The van der Waals surface area contributed by atoms with Gasteiger partial charge in [0.25, 0.3) is 0 Å². The van der Waals surface area contributed by atoms with Crippen molar-refractivity contribution in [2.45, 2.75) is 0 Å². The van der Waals surface area contributed by atoms with Crippen LogP contribution in [0.4, 0.5) is 0 Å². The van der Waals surface area contributed by atoms with E-state index >= 15 is 0 Å². The molecule has 4 nitrogen and oxygen atoms in total. The monoisotopic (exact) mass is 369 g/mol. The molecule has 0 atom stereocenters. The quantitative estimate of drug-likeness (QED) is 0.251. The van der Waals surface area contributed by atoms with Gasteiger partial charge in [-0.15, -0.1) is 0 Å². The molecule has 0 aliphatic rings. The third-order valence-corrected chi connectivity index (χ3v) is 0. The Kier molecular flexibility index (Phi) is 54.9. The molecule has 0 aromatic carbocycles. The first-order chi connectivity index (χ1) is 1.73. The maximum absolute atomic E-state index is 8.25. The van der Waals surface area contributed by atoms with E-state index in [1.165, 1.54) is 0 Å². The van der Waals surface area contributed by atoms with Gasteiger partial charge < -0.3 is 27.7 Å². The average molecular weight is 370 g/mol. The molecule has 0 saturated carbocycles. The first-order valence-electron chi connectivity index (χ1n) is 0.548. The maximum Gasteiger partial charge on any atom is 2.00 e. The van der Waals surface area contributed by atoms with Gasteiger partial charge in [-0.25, -0.2) is 0 Å². The van der Waals surface area contributed by atoms with E-state index < -0.39 is 5.09 Å². The summed E-state index contributed by atoms with van der Waals surface area (Å²) in [4.78, 5) is 8.25. The number of halogens is 1. The second-order valence-electron chi connectivity index (χ2n) is 0.224. The molecule has 0 unspecified atom stereocenters. The van der Waals surface area contributed by atoms with E-state index in [0.717, 1.165) is 0 Å². The van der Waals surface area contributed by atoms with Crippen LogP contribution in [-0.4, -0.2) is 32.4 Å². The van der Waals surface area contributed by atoms with Gasteiger partial charge in [0, 0.05) is 27.3 Å². The van der Waals surface area contributed by atoms with E-state index in [0.29, 0.717) is 0 Å². The molecule has 7 heteroatoms. The fourth-order valence-electron chi connectivity index (χ4n) is 0. The molecule has 0 amide bonds. The van der Waals surface area contributed by atoms with Crippen molar-refractivity contribution in [1.29, 1.82) is 0 Å². The van der Waals surface area contributed by atoms with Crippen LogP contribution in [0.1, 0.15) is 0 Å². The molecule has 0 saturated heterocycles. The summed E-state index contributed by atoms with van der Waals surface area (Å²) in [6.45, 7) is 0. The molecular formula is ClNO3PbZn. The predicted molar refractivity (Wildman–Crippen MR) is 16.1 cm³/mol. The zero-order chi connectivity index (χ0) is 3.58. The van der Waals surface area contributed by atoms with Crippen LogP contribution < -0.4 is 12.4 Å². The standard InChI is InChI=1S/ClH.NO3.Pb.Zn/c;2-1(3)4;;/h1H;;;/q;-1;;+2/p-1. The zero-order valence-corrected chi connectivity index (χ0v) is 10.9. The Morgan fingerprint density at radius 1 is 1.29 bits per heavy atom. The van der Waals surface area contributed by atoms with Crippen LogP contribution in [0.25, 0.3) is 0 Å². The summed E-state index contributed by atoms with van der Waals surface area (Å²) in [6.07, 6.45) is 0. The maximum atomic E-state index is 8.25. The number of rotatable bonds is 0. The SMILES string of the molecule is O=[N+]([O-])[O-].[Cl-].[Pb].[Zn+2]. The van der Waals surface area contributed by atoms with Crippen molar-refractivity contribution in [3.8, 4) is 0 Å². The fourth-order valence-corrected chi connectivity index (χ4v) is 0. The molecule has 7 heavy (non-hydrogen) atoms. The van der Waals surface area contributed by atoms with Crippen LogP contribution in [0.15, 0.2) is 0 Å². The van der Waals surface area contributed by atoms with Gasteiger partial charge in [0.15, 0.2) is 0 Å². The third-order valence-electron chi connectivity index (χ3n) is 0. The van der Waals surface area contributed by atoms with E-state index in [2.05, 4.69) is 0 Å². The van der Waals surface area contributed by atoms with Crippen LogP contribution in [0, 0.1) is 15.3 Å². The van der Waals surface area contributed by atoms with Gasteiger partial charge in [-0.3, -0.25) is 0 Å². The molecule has 0 bridgehead atoms. The Morgan fingerprint density at radius 3 is 1.29 bits per heavy atom. The van der Waals surface area contributed by atoms with Crippen LogP contribution in [0.2, 0.25) is 0 Å². The van der Waals surface area contributed by atoms with E-state index in [1.807, 2.05) is 0 Å². The molecule has 0 fully saturated rings. The molecule has 0 N–H and O–H groups in total. The van der Waals surface area contributed by atoms with Crippen molar-refractivity contribution < 1.29 is 37.0 Å². The molecule has 0 heterocycles. The van der Waals surface area contributed by atoms with Crippen molar-refractivity contribution in [1.82, 2.24) is 0 Å². The Hall–Kier alpha value is 1.04. The van der Waals surface area contributed by atoms with Gasteiger partial charge in [-0.05, 0) is 0 Å². The summed E-state index contributed by atoms with van der Waals surface area (Å²) in [6, 6.07) is 0. The summed E-state index contributed by atoms with van der Waals surface area (Å²) in [5, 5.41) is 14.8. The first-order valence-corrected chi connectivity index (χ1v) is 0.548. The topological polar surface area (TPSA) is 66.2 Å². The minimum absolute atomic E-state index is 0. The normalized spacial score (nSPS) is 3.43. The molecule has 0 aromatic heterocycles. The minimum atomic E-state index is -1.75. The van der Waals surface area contributed by atoms with Crippen LogP contribution in [0.5, 0.6) is 0 Å². The Balaban J connectivity index is -0.0000000150. The second kappa shape index (κ2) is 15.7. The first kappa shape index (κ1) is 24.4. The van der Waals surface area contributed by atoms with Gasteiger partial charge in [0.1, 0.15) is 0 Å². The fraction of sp³-hybridized carbons (Fsp3) is 0. The van der Waals surface area contributed by atoms with Crippen molar-refractivity contribution in [3.05, 3.63) is 15.3 Å². The number of hydrogen-bond acceptors (Lipinski definition) is 3. The Morgan fingerprint density at radius 2 is 1.29 bits per heavy atom. The van der Waals surface area contributed by atoms with E-state index in [-0.39, 0.29) is 59.2 Å². The number of hydrogen-bond donors (Lipinski definition) is 0. The largest absolute Gasteiger partial charge is 2.00 e. The van der Waals surface area contributed by atoms with Gasteiger partial charge >= 0.3 is 19.5 Å². The van der Waals surface area contributed by atoms with Crippen LogP contribution >= 0.6 is 0 Å². The Bertz CT molecular complexity index is 37.9. The van der Waals surface area contributed by atoms with Gasteiger partial charge in [-0.2, -0.15) is 0 Å². The van der Waals surface area contributed by atoms with Gasteiger partial charge in [-0.1, -0.05) is 0 Å². The molecule has 0 rings (SSSR count). The molecule has 0 spiro atoms. The predicted octanol–water partition coefficient (Wildman–Crippen LogP) is -3.62. The summed E-state index contributed by atoms with van der Waals surface area (Å²) < 4.78 is 0. The average Bonchev–Trinajstić information content (AvgIpc) is 0.811. The van der Waals surface area contributed by atoms with Crippen molar-refractivity contribution in [2.75, 3.05) is 0 Å². The van der Waals surface area contributed by atoms with E-state index in [1.54, 1.807) is 0 Å². The van der Waals surface area contributed by atoms with Gasteiger partial charge in [0.05, 0.1) is 5.09 Å². The minimum Gasteiger partial charge on any atom is -1.00 e. The summed E-state index contributed by atoms with van der Waals surface area (Å²) in [7, 11) is 0. The molecule has 4 radical (unpaired) electrons. The Labute approximate surface area is 79.1 Å². The van der Waals surface area contributed by atoms with Crippen molar-refractivity contribution in [2.24, 2.45) is 0 Å². The molecule has 0 aliphatic carbocycles. The van der Waals surface area contributed by atoms with E-state index in [4.69, 9.17) is 15.3 Å². The van der Waals surface area contributed by atoms with Crippen molar-refractivity contribution in [3.63, 3.8) is 0 Å². The van der Waals surface area contributed by atoms with Gasteiger partial charge in [0.2, 0.25) is 0 Å². The van der Waals surface area contributed by atoms with Crippen LogP contribution in [0.3, 0.4) is 0 Å². The molecule has 36 valence electrons.